The Morgan fingerprint density at radius 1 is 0.828 bits per heavy atom. The van der Waals surface area contributed by atoms with Crippen molar-refractivity contribution in [3.05, 3.63) is 59.7 Å². The van der Waals surface area contributed by atoms with Crippen molar-refractivity contribution in [2.75, 3.05) is 17.2 Å². The lowest BCUT2D eigenvalue weighted by molar-refractivity contribution is -0.116. The first-order valence-electron chi connectivity index (χ1n) is 10.3. The van der Waals surface area contributed by atoms with Gasteiger partial charge in [-0.1, -0.05) is 52.0 Å². The van der Waals surface area contributed by atoms with Gasteiger partial charge in [0.25, 0.3) is 0 Å². The Kier molecular flexibility index (Phi) is 8.40. The molecule has 0 aliphatic heterocycles. The van der Waals surface area contributed by atoms with Crippen LogP contribution in [0.1, 0.15) is 64.1 Å². The quantitative estimate of drug-likeness (QED) is 0.554. The maximum Gasteiger partial charge on any atom is 0.238 e. The molecule has 0 saturated heterocycles. The second-order valence-electron chi connectivity index (χ2n) is 7.89. The predicted molar refractivity (Wildman–Crippen MR) is 120 cm³/mol. The van der Waals surface area contributed by atoms with E-state index in [-0.39, 0.29) is 24.4 Å². The minimum Gasteiger partial charge on any atom is -0.326 e. The standard InChI is InChI=1S/C24H33N3O2/c1-6-17(4)19-7-9-20(10-8-19)24(16(2)3)25-15-23(29)27-22-13-11-21(12-14-22)26-18(5)28/h7-14,16-17,24-25H,6,15H2,1-5H3,(H,26,28)(H,27,29)/t17-,24+/m1/s1. The Labute approximate surface area is 174 Å². The molecule has 0 aliphatic carbocycles. The number of carbonyl (C=O) groups is 2. The van der Waals surface area contributed by atoms with Crippen molar-refractivity contribution in [2.24, 2.45) is 5.92 Å². The highest BCUT2D eigenvalue weighted by Gasteiger charge is 2.17. The molecule has 0 saturated carbocycles. The van der Waals surface area contributed by atoms with Gasteiger partial charge in [0, 0.05) is 24.3 Å². The van der Waals surface area contributed by atoms with Gasteiger partial charge < -0.3 is 16.0 Å². The second-order valence-corrected chi connectivity index (χ2v) is 7.89. The third-order valence-electron chi connectivity index (χ3n) is 5.12. The molecule has 0 radical (unpaired) electrons. The smallest absolute Gasteiger partial charge is 0.238 e. The molecule has 5 heteroatoms. The summed E-state index contributed by atoms with van der Waals surface area (Å²) in [6.45, 7) is 10.4. The number of hydrogen-bond acceptors (Lipinski definition) is 3. The van der Waals surface area contributed by atoms with E-state index >= 15 is 0 Å². The zero-order valence-corrected chi connectivity index (χ0v) is 18.1. The molecule has 2 aromatic rings. The average molecular weight is 396 g/mol. The summed E-state index contributed by atoms with van der Waals surface area (Å²) in [4.78, 5) is 23.4. The molecule has 0 aliphatic rings. The van der Waals surface area contributed by atoms with Crippen LogP contribution in [0.25, 0.3) is 0 Å². The zero-order chi connectivity index (χ0) is 21.4. The Morgan fingerprint density at radius 2 is 1.34 bits per heavy atom. The first-order chi connectivity index (χ1) is 13.8. The maximum atomic E-state index is 12.4. The Hall–Kier alpha value is -2.66. The van der Waals surface area contributed by atoms with E-state index in [1.54, 1.807) is 24.3 Å². The van der Waals surface area contributed by atoms with E-state index in [2.05, 4.69) is 67.9 Å². The molecule has 0 spiro atoms. The Bertz CT molecular complexity index is 798. The van der Waals surface area contributed by atoms with E-state index in [9.17, 15) is 9.59 Å². The van der Waals surface area contributed by atoms with Crippen molar-refractivity contribution in [3.8, 4) is 0 Å². The Morgan fingerprint density at radius 3 is 1.83 bits per heavy atom. The van der Waals surface area contributed by atoms with Crippen molar-refractivity contribution < 1.29 is 9.59 Å². The lowest BCUT2D eigenvalue weighted by Crippen LogP contribution is -2.33. The van der Waals surface area contributed by atoms with Gasteiger partial charge in [0.1, 0.15) is 0 Å². The zero-order valence-electron chi connectivity index (χ0n) is 18.1. The van der Waals surface area contributed by atoms with E-state index in [1.807, 2.05) is 0 Å². The number of amides is 2. The fourth-order valence-corrected chi connectivity index (χ4v) is 3.25. The van der Waals surface area contributed by atoms with Gasteiger partial charge in [0.2, 0.25) is 11.8 Å². The lowest BCUT2D eigenvalue weighted by atomic mass is 9.92. The predicted octanol–water partition coefficient (Wildman–Crippen LogP) is 5.08. The van der Waals surface area contributed by atoms with Gasteiger partial charge in [0.15, 0.2) is 0 Å². The molecule has 0 fully saturated rings. The third kappa shape index (κ3) is 7.02. The Balaban J connectivity index is 1.94. The summed E-state index contributed by atoms with van der Waals surface area (Å²) in [5.74, 6) is 0.688. The average Bonchev–Trinajstić information content (AvgIpc) is 2.69. The van der Waals surface area contributed by atoms with Crippen molar-refractivity contribution in [1.29, 1.82) is 0 Å². The van der Waals surface area contributed by atoms with Gasteiger partial charge in [-0.25, -0.2) is 0 Å². The molecule has 0 bridgehead atoms. The summed E-state index contributed by atoms with van der Waals surface area (Å²) in [6.07, 6.45) is 1.12. The highest BCUT2D eigenvalue weighted by Crippen LogP contribution is 2.25. The first-order valence-corrected chi connectivity index (χ1v) is 10.3. The third-order valence-corrected chi connectivity index (χ3v) is 5.12. The fourth-order valence-electron chi connectivity index (χ4n) is 3.25. The van der Waals surface area contributed by atoms with Gasteiger partial charge in [0.05, 0.1) is 6.54 Å². The number of hydrogen-bond donors (Lipinski definition) is 3. The molecular weight excluding hydrogens is 362 g/mol. The normalized spacial score (nSPS) is 13.0. The highest BCUT2D eigenvalue weighted by molar-refractivity contribution is 5.93. The van der Waals surface area contributed by atoms with E-state index in [0.29, 0.717) is 23.2 Å². The number of carbonyl (C=O) groups excluding carboxylic acids is 2. The number of benzene rings is 2. The molecule has 3 N–H and O–H groups in total. The van der Waals surface area contributed by atoms with E-state index < -0.39 is 0 Å². The second kappa shape index (κ2) is 10.8. The van der Waals surface area contributed by atoms with Gasteiger partial charge in [-0.2, -0.15) is 0 Å². The SMILES string of the molecule is CC[C@@H](C)c1ccc([C@@H](NCC(=O)Nc2ccc(NC(C)=O)cc2)C(C)C)cc1. The molecular formula is C24H33N3O2. The van der Waals surface area contributed by atoms with Crippen molar-refractivity contribution in [1.82, 2.24) is 5.32 Å². The summed E-state index contributed by atoms with van der Waals surface area (Å²) in [5.41, 5.74) is 3.94. The monoisotopic (exact) mass is 395 g/mol. The molecule has 156 valence electrons. The summed E-state index contributed by atoms with van der Waals surface area (Å²) in [5, 5.41) is 8.98. The highest BCUT2D eigenvalue weighted by atomic mass is 16.2. The summed E-state index contributed by atoms with van der Waals surface area (Å²) < 4.78 is 0. The molecule has 0 heterocycles. The van der Waals surface area contributed by atoms with Crippen LogP contribution in [-0.2, 0) is 9.59 Å². The molecule has 0 unspecified atom stereocenters. The number of nitrogens with one attached hydrogen (secondary N) is 3. The summed E-state index contributed by atoms with van der Waals surface area (Å²) in [6, 6.07) is 15.9. The van der Waals surface area contributed by atoms with Crippen LogP contribution in [-0.4, -0.2) is 18.4 Å². The van der Waals surface area contributed by atoms with Gasteiger partial charge >= 0.3 is 0 Å². The topological polar surface area (TPSA) is 70.2 Å². The van der Waals surface area contributed by atoms with E-state index in [0.717, 1.165) is 6.42 Å². The van der Waals surface area contributed by atoms with Gasteiger partial charge in [-0.05, 0) is 53.6 Å². The minimum absolute atomic E-state index is 0.0980. The molecule has 0 aromatic heterocycles. The number of rotatable bonds is 9. The maximum absolute atomic E-state index is 12.4. The molecule has 5 nitrogen and oxygen atoms in total. The molecule has 29 heavy (non-hydrogen) atoms. The van der Waals surface area contributed by atoms with Crippen LogP contribution in [0, 0.1) is 5.92 Å². The van der Waals surface area contributed by atoms with Crippen LogP contribution in [0.15, 0.2) is 48.5 Å². The van der Waals surface area contributed by atoms with Crippen molar-refractivity contribution in [3.63, 3.8) is 0 Å². The van der Waals surface area contributed by atoms with Crippen LogP contribution in [0.4, 0.5) is 11.4 Å². The number of anilines is 2. The van der Waals surface area contributed by atoms with Crippen LogP contribution in [0.2, 0.25) is 0 Å². The summed E-state index contributed by atoms with van der Waals surface area (Å²) in [7, 11) is 0. The van der Waals surface area contributed by atoms with Gasteiger partial charge in [-0.15, -0.1) is 0 Å². The largest absolute Gasteiger partial charge is 0.326 e. The van der Waals surface area contributed by atoms with E-state index in [4.69, 9.17) is 0 Å². The van der Waals surface area contributed by atoms with Crippen LogP contribution in [0.5, 0.6) is 0 Å². The fraction of sp³-hybridized carbons (Fsp3) is 0.417. The molecule has 2 amide bonds. The van der Waals surface area contributed by atoms with Crippen molar-refractivity contribution >= 4 is 23.2 Å². The summed E-state index contributed by atoms with van der Waals surface area (Å²) >= 11 is 0. The molecule has 2 aromatic carbocycles. The van der Waals surface area contributed by atoms with Crippen molar-refractivity contribution in [2.45, 2.75) is 53.0 Å². The lowest BCUT2D eigenvalue weighted by Gasteiger charge is -2.23. The first kappa shape index (κ1) is 22.6. The van der Waals surface area contributed by atoms with E-state index in [1.165, 1.54) is 18.1 Å². The molecule has 2 rings (SSSR count). The minimum atomic E-state index is -0.122. The molecule has 2 atom stereocenters. The van der Waals surface area contributed by atoms with Gasteiger partial charge in [-0.3, -0.25) is 9.59 Å². The van der Waals surface area contributed by atoms with Crippen LogP contribution in [0.3, 0.4) is 0 Å². The van der Waals surface area contributed by atoms with Crippen LogP contribution >= 0.6 is 0 Å². The van der Waals surface area contributed by atoms with Crippen LogP contribution < -0.4 is 16.0 Å².